The maximum absolute atomic E-state index is 12.7. The van der Waals surface area contributed by atoms with Gasteiger partial charge in [0.25, 0.3) is 5.91 Å². The van der Waals surface area contributed by atoms with E-state index >= 15 is 0 Å². The molecule has 5 heteroatoms. The number of rotatable bonds is 2. The van der Waals surface area contributed by atoms with Crippen molar-refractivity contribution in [3.8, 4) is 0 Å². The predicted molar refractivity (Wildman–Crippen MR) is 80.9 cm³/mol. The standard InChI is InChI=1S/C15H26N2O2.ClH/c1-10-8-11-4-2-3-5-13(11)17(10)15(18)14-7-6-12(9-16)19-14;/h10-14H,2-9,16H2,1H3;1H/t10?,11?,12-,13?,14+;/m1./s1. The van der Waals surface area contributed by atoms with Gasteiger partial charge in [0.2, 0.25) is 0 Å². The second-order valence-corrected chi connectivity index (χ2v) is 6.50. The highest BCUT2D eigenvalue weighted by Gasteiger charge is 2.45. The van der Waals surface area contributed by atoms with E-state index < -0.39 is 0 Å². The van der Waals surface area contributed by atoms with E-state index in [4.69, 9.17) is 10.5 Å². The van der Waals surface area contributed by atoms with Crippen LogP contribution in [0, 0.1) is 5.92 Å². The SMILES string of the molecule is CC1CC2CCCCC2N1C(=O)[C@@H]1CC[C@H](CN)O1.Cl. The first kappa shape index (κ1) is 16.1. The Balaban J connectivity index is 0.00000147. The van der Waals surface area contributed by atoms with Crippen LogP contribution in [0.4, 0.5) is 0 Å². The molecule has 0 aromatic rings. The lowest BCUT2D eigenvalue weighted by Gasteiger charge is -2.34. The van der Waals surface area contributed by atoms with Gasteiger partial charge in [-0.15, -0.1) is 12.4 Å². The first-order chi connectivity index (χ1) is 9.20. The predicted octanol–water partition coefficient (Wildman–Crippen LogP) is 2.09. The molecule has 3 fully saturated rings. The highest BCUT2D eigenvalue weighted by molar-refractivity contribution is 5.85. The van der Waals surface area contributed by atoms with Crippen LogP contribution in [0.25, 0.3) is 0 Å². The van der Waals surface area contributed by atoms with Crippen LogP contribution in [0.2, 0.25) is 0 Å². The largest absolute Gasteiger partial charge is 0.364 e. The summed E-state index contributed by atoms with van der Waals surface area (Å²) in [6, 6.07) is 0.873. The van der Waals surface area contributed by atoms with Gasteiger partial charge in [-0.05, 0) is 44.9 Å². The van der Waals surface area contributed by atoms with Crippen molar-refractivity contribution in [2.75, 3.05) is 6.54 Å². The summed E-state index contributed by atoms with van der Waals surface area (Å²) in [5.74, 6) is 0.970. The van der Waals surface area contributed by atoms with Crippen LogP contribution >= 0.6 is 12.4 Å². The van der Waals surface area contributed by atoms with E-state index in [0.29, 0.717) is 18.6 Å². The van der Waals surface area contributed by atoms with Crippen molar-refractivity contribution in [3.05, 3.63) is 0 Å². The number of nitrogens with two attached hydrogens (primary N) is 1. The number of carbonyl (C=O) groups excluding carboxylic acids is 1. The van der Waals surface area contributed by atoms with E-state index in [-0.39, 0.29) is 30.5 Å². The molecule has 3 aliphatic rings. The minimum atomic E-state index is -0.225. The fourth-order valence-electron chi connectivity index (χ4n) is 4.32. The van der Waals surface area contributed by atoms with Gasteiger partial charge in [-0.1, -0.05) is 12.8 Å². The van der Waals surface area contributed by atoms with Gasteiger partial charge < -0.3 is 15.4 Å². The molecular weight excluding hydrogens is 276 g/mol. The fourth-order valence-corrected chi connectivity index (χ4v) is 4.32. The van der Waals surface area contributed by atoms with Crippen LogP contribution in [0.3, 0.4) is 0 Å². The maximum Gasteiger partial charge on any atom is 0.252 e. The molecule has 1 amide bonds. The zero-order valence-electron chi connectivity index (χ0n) is 12.3. The molecule has 2 aliphatic heterocycles. The van der Waals surface area contributed by atoms with Crippen molar-refractivity contribution in [1.82, 2.24) is 4.90 Å². The normalized spacial score (nSPS) is 40.3. The van der Waals surface area contributed by atoms with E-state index in [1.54, 1.807) is 0 Å². The van der Waals surface area contributed by atoms with E-state index in [2.05, 4.69) is 11.8 Å². The number of likely N-dealkylation sites (tertiary alicyclic amines) is 1. The molecule has 2 saturated heterocycles. The van der Waals surface area contributed by atoms with Gasteiger partial charge in [0, 0.05) is 18.6 Å². The summed E-state index contributed by atoms with van der Waals surface area (Å²) < 4.78 is 5.80. The third kappa shape index (κ3) is 2.83. The lowest BCUT2D eigenvalue weighted by molar-refractivity contribution is -0.146. The van der Waals surface area contributed by atoms with Gasteiger partial charge in [0.05, 0.1) is 6.10 Å². The molecule has 5 atom stereocenters. The molecule has 116 valence electrons. The molecule has 0 spiro atoms. The Labute approximate surface area is 127 Å². The quantitative estimate of drug-likeness (QED) is 0.850. The summed E-state index contributed by atoms with van der Waals surface area (Å²) in [7, 11) is 0. The Morgan fingerprint density at radius 2 is 2.00 bits per heavy atom. The third-order valence-corrected chi connectivity index (χ3v) is 5.25. The molecule has 0 aromatic carbocycles. The number of carbonyl (C=O) groups is 1. The van der Waals surface area contributed by atoms with E-state index in [1.165, 1.54) is 32.1 Å². The van der Waals surface area contributed by atoms with Crippen LogP contribution < -0.4 is 5.73 Å². The van der Waals surface area contributed by atoms with Gasteiger partial charge in [-0.2, -0.15) is 0 Å². The zero-order chi connectivity index (χ0) is 13.4. The molecule has 0 bridgehead atoms. The molecule has 1 saturated carbocycles. The first-order valence-electron chi connectivity index (χ1n) is 7.88. The molecule has 4 nitrogen and oxygen atoms in total. The second-order valence-electron chi connectivity index (χ2n) is 6.50. The number of hydrogen-bond donors (Lipinski definition) is 1. The maximum atomic E-state index is 12.7. The van der Waals surface area contributed by atoms with Crippen LogP contribution in [-0.2, 0) is 9.53 Å². The average molecular weight is 303 g/mol. The third-order valence-electron chi connectivity index (χ3n) is 5.25. The molecule has 1 aliphatic carbocycles. The molecule has 0 aromatic heterocycles. The van der Waals surface area contributed by atoms with Crippen molar-refractivity contribution in [2.24, 2.45) is 11.7 Å². The summed E-state index contributed by atoms with van der Waals surface area (Å²) >= 11 is 0. The summed E-state index contributed by atoms with van der Waals surface area (Å²) in [6.45, 7) is 2.73. The summed E-state index contributed by atoms with van der Waals surface area (Å²) in [6.07, 6.45) is 7.93. The topological polar surface area (TPSA) is 55.6 Å². The molecule has 0 radical (unpaired) electrons. The van der Waals surface area contributed by atoms with Crippen molar-refractivity contribution in [2.45, 2.75) is 76.2 Å². The molecule has 2 heterocycles. The first-order valence-corrected chi connectivity index (χ1v) is 7.88. The monoisotopic (exact) mass is 302 g/mol. The van der Waals surface area contributed by atoms with Crippen LogP contribution in [-0.4, -0.2) is 41.6 Å². The van der Waals surface area contributed by atoms with Gasteiger partial charge in [-0.3, -0.25) is 4.79 Å². The van der Waals surface area contributed by atoms with Crippen molar-refractivity contribution in [1.29, 1.82) is 0 Å². The Bertz CT molecular complexity index is 353. The molecule has 2 N–H and O–H groups in total. The van der Waals surface area contributed by atoms with Crippen LogP contribution in [0.1, 0.15) is 51.9 Å². The summed E-state index contributed by atoms with van der Waals surface area (Å²) in [5.41, 5.74) is 5.63. The Kier molecular flexibility index (Phi) is 5.32. The zero-order valence-corrected chi connectivity index (χ0v) is 13.1. The Morgan fingerprint density at radius 1 is 1.25 bits per heavy atom. The van der Waals surface area contributed by atoms with E-state index in [1.807, 2.05) is 0 Å². The average Bonchev–Trinajstić information content (AvgIpc) is 3.01. The fraction of sp³-hybridized carbons (Fsp3) is 0.933. The lowest BCUT2D eigenvalue weighted by atomic mass is 9.85. The van der Waals surface area contributed by atoms with Crippen molar-refractivity contribution < 1.29 is 9.53 Å². The second kappa shape index (κ2) is 6.63. The Morgan fingerprint density at radius 3 is 2.70 bits per heavy atom. The number of hydrogen-bond acceptors (Lipinski definition) is 3. The highest BCUT2D eigenvalue weighted by Crippen LogP contribution is 2.40. The minimum absolute atomic E-state index is 0. The number of ether oxygens (including phenoxy) is 1. The number of halogens is 1. The molecule has 3 rings (SSSR count). The molecule has 3 unspecified atom stereocenters. The Hall–Kier alpha value is -0.320. The van der Waals surface area contributed by atoms with Gasteiger partial charge in [0.1, 0.15) is 6.10 Å². The minimum Gasteiger partial charge on any atom is -0.364 e. The van der Waals surface area contributed by atoms with Crippen LogP contribution in [0.5, 0.6) is 0 Å². The van der Waals surface area contributed by atoms with E-state index in [0.717, 1.165) is 18.8 Å². The lowest BCUT2D eigenvalue weighted by Crippen LogP contribution is -2.47. The van der Waals surface area contributed by atoms with Gasteiger partial charge in [-0.25, -0.2) is 0 Å². The number of fused-ring (bicyclic) bond motifs is 1. The highest BCUT2D eigenvalue weighted by atomic mass is 35.5. The van der Waals surface area contributed by atoms with Gasteiger partial charge >= 0.3 is 0 Å². The summed E-state index contributed by atoms with van der Waals surface area (Å²) in [5, 5.41) is 0. The summed E-state index contributed by atoms with van der Waals surface area (Å²) in [4.78, 5) is 14.9. The number of amides is 1. The molecule has 20 heavy (non-hydrogen) atoms. The van der Waals surface area contributed by atoms with Crippen molar-refractivity contribution in [3.63, 3.8) is 0 Å². The number of nitrogens with zero attached hydrogens (tertiary/aromatic N) is 1. The smallest absolute Gasteiger partial charge is 0.252 e. The van der Waals surface area contributed by atoms with Crippen molar-refractivity contribution >= 4 is 18.3 Å². The van der Waals surface area contributed by atoms with Gasteiger partial charge in [0.15, 0.2) is 0 Å². The van der Waals surface area contributed by atoms with E-state index in [9.17, 15) is 4.79 Å². The molecular formula is C15H27ClN2O2. The van der Waals surface area contributed by atoms with Crippen LogP contribution in [0.15, 0.2) is 0 Å².